The van der Waals surface area contributed by atoms with E-state index in [1.54, 1.807) is 0 Å². The minimum atomic E-state index is 0.409. The normalized spacial score (nSPS) is 22.4. The van der Waals surface area contributed by atoms with E-state index in [1.165, 1.54) is 17.9 Å². The van der Waals surface area contributed by atoms with Crippen LogP contribution in [0, 0.1) is 5.41 Å². The van der Waals surface area contributed by atoms with E-state index in [9.17, 15) is 0 Å². The number of thioether (sulfide) groups is 2. The van der Waals surface area contributed by atoms with Crippen LogP contribution in [-0.2, 0) is 0 Å². The molecule has 0 aromatic carbocycles. The molecule has 1 aliphatic rings. The van der Waals surface area contributed by atoms with Crippen molar-refractivity contribution in [2.75, 3.05) is 18.1 Å². The maximum absolute atomic E-state index is 4.61. The number of rotatable bonds is 5. The Balaban J connectivity index is 2.25. The van der Waals surface area contributed by atoms with E-state index in [-0.39, 0.29) is 0 Å². The summed E-state index contributed by atoms with van der Waals surface area (Å²) >= 11 is 3.91. The first-order valence-corrected chi connectivity index (χ1v) is 8.49. The molecule has 1 heterocycles. The Bertz CT molecular complexity index is 259. The molecule has 0 radical (unpaired) electrons. The number of nitrogens with one attached hydrogen (secondary N) is 1. The van der Waals surface area contributed by atoms with Crippen molar-refractivity contribution in [3.05, 3.63) is 0 Å². The van der Waals surface area contributed by atoms with E-state index in [0.29, 0.717) is 16.7 Å². The van der Waals surface area contributed by atoms with Crippen molar-refractivity contribution in [3.63, 3.8) is 0 Å². The third kappa shape index (κ3) is 6.61. The van der Waals surface area contributed by atoms with E-state index < -0.39 is 0 Å². The molecule has 0 saturated heterocycles. The second kappa shape index (κ2) is 6.93. The van der Waals surface area contributed by atoms with Crippen LogP contribution in [0.3, 0.4) is 0 Å². The maximum Gasteiger partial charge on any atom is 0.157 e. The zero-order chi connectivity index (χ0) is 12.9. The molecule has 0 spiro atoms. The summed E-state index contributed by atoms with van der Waals surface area (Å²) in [5.74, 6) is 2.36. The largest absolute Gasteiger partial charge is 0.362 e. The molecule has 17 heavy (non-hydrogen) atoms. The lowest BCUT2D eigenvalue weighted by Crippen LogP contribution is -2.32. The van der Waals surface area contributed by atoms with Crippen LogP contribution in [0.2, 0.25) is 0 Å². The fraction of sp³-hybridized carbons (Fsp3) is 0.923. The second-order valence-electron chi connectivity index (χ2n) is 5.86. The predicted molar refractivity (Wildman–Crippen MR) is 83.3 cm³/mol. The lowest BCUT2D eigenvalue weighted by atomic mass is 9.90. The average Bonchev–Trinajstić information content (AvgIpc) is 2.59. The highest BCUT2D eigenvalue weighted by Crippen LogP contribution is 2.31. The molecule has 100 valence electrons. The summed E-state index contributed by atoms with van der Waals surface area (Å²) < 4.78 is 0. The predicted octanol–water partition coefficient (Wildman–Crippen LogP) is 3.63. The Kier molecular flexibility index (Phi) is 6.21. The maximum atomic E-state index is 4.61. The second-order valence-corrected chi connectivity index (χ2v) is 8.46. The highest BCUT2D eigenvalue weighted by atomic mass is 32.2. The molecular formula is C13H26N2S2. The molecule has 1 aliphatic heterocycles. The summed E-state index contributed by atoms with van der Waals surface area (Å²) in [6.07, 6.45) is 1.24. The average molecular weight is 274 g/mol. The first kappa shape index (κ1) is 15.2. The zero-order valence-electron chi connectivity index (χ0n) is 11.7. The van der Waals surface area contributed by atoms with Crippen molar-refractivity contribution in [2.24, 2.45) is 10.4 Å². The standard InChI is InChI=1S/C13H26N2S2/c1-6-16-9-10(2)15-12-14-8-11(17-12)7-13(3,4)5/h10-11H,6-9H2,1-5H3,(H,14,15). The molecule has 0 amide bonds. The Morgan fingerprint density at radius 2 is 2.24 bits per heavy atom. The van der Waals surface area contributed by atoms with Crippen molar-refractivity contribution >= 4 is 28.7 Å². The molecule has 1 N–H and O–H groups in total. The van der Waals surface area contributed by atoms with Gasteiger partial charge in [-0.2, -0.15) is 11.8 Å². The number of hydrogen-bond acceptors (Lipinski definition) is 4. The topological polar surface area (TPSA) is 24.4 Å². The lowest BCUT2D eigenvalue weighted by molar-refractivity contribution is 0.375. The van der Waals surface area contributed by atoms with Gasteiger partial charge in [0, 0.05) is 17.0 Å². The van der Waals surface area contributed by atoms with E-state index in [1.807, 2.05) is 23.5 Å². The molecule has 2 nitrogen and oxygen atoms in total. The summed E-state index contributed by atoms with van der Waals surface area (Å²) in [6.45, 7) is 12.3. The van der Waals surface area contributed by atoms with Gasteiger partial charge < -0.3 is 5.32 Å². The zero-order valence-corrected chi connectivity index (χ0v) is 13.4. The van der Waals surface area contributed by atoms with Crippen molar-refractivity contribution < 1.29 is 0 Å². The van der Waals surface area contributed by atoms with Gasteiger partial charge in [-0.3, -0.25) is 4.99 Å². The van der Waals surface area contributed by atoms with Crippen LogP contribution in [-0.4, -0.2) is 34.5 Å². The van der Waals surface area contributed by atoms with E-state index >= 15 is 0 Å². The van der Waals surface area contributed by atoms with Crippen LogP contribution >= 0.6 is 23.5 Å². The number of amidine groups is 1. The number of hydrogen-bond donors (Lipinski definition) is 1. The van der Waals surface area contributed by atoms with Gasteiger partial charge in [0.05, 0.1) is 6.54 Å². The monoisotopic (exact) mass is 274 g/mol. The Hall–Kier alpha value is 0.170. The molecule has 0 aromatic heterocycles. The Morgan fingerprint density at radius 1 is 1.53 bits per heavy atom. The Morgan fingerprint density at radius 3 is 2.82 bits per heavy atom. The van der Waals surface area contributed by atoms with Gasteiger partial charge in [-0.15, -0.1) is 0 Å². The van der Waals surface area contributed by atoms with Crippen molar-refractivity contribution in [3.8, 4) is 0 Å². The minimum Gasteiger partial charge on any atom is -0.362 e. The van der Waals surface area contributed by atoms with Gasteiger partial charge in [0.25, 0.3) is 0 Å². The fourth-order valence-corrected chi connectivity index (χ4v) is 3.97. The summed E-state index contributed by atoms with van der Waals surface area (Å²) in [6, 6.07) is 0.527. The molecule has 0 fully saturated rings. The first-order chi connectivity index (χ1) is 7.90. The fourth-order valence-electron chi connectivity index (χ4n) is 1.83. The van der Waals surface area contributed by atoms with Crippen LogP contribution in [0.5, 0.6) is 0 Å². The molecule has 4 heteroatoms. The van der Waals surface area contributed by atoms with E-state index in [4.69, 9.17) is 0 Å². The van der Waals surface area contributed by atoms with Gasteiger partial charge in [0.15, 0.2) is 5.17 Å². The SMILES string of the molecule is CCSCC(C)NC1=NCC(CC(C)(C)C)S1. The molecule has 0 saturated carbocycles. The summed E-state index contributed by atoms with van der Waals surface area (Å²) in [5.41, 5.74) is 0.409. The first-order valence-electron chi connectivity index (χ1n) is 6.46. The van der Waals surface area contributed by atoms with Gasteiger partial charge in [-0.25, -0.2) is 0 Å². The summed E-state index contributed by atoms with van der Waals surface area (Å²) in [7, 11) is 0. The smallest absolute Gasteiger partial charge is 0.157 e. The minimum absolute atomic E-state index is 0.409. The lowest BCUT2D eigenvalue weighted by Gasteiger charge is -2.22. The molecule has 1 rings (SSSR count). The van der Waals surface area contributed by atoms with Crippen LogP contribution < -0.4 is 5.32 Å². The third-order valence-corrected chi connectivity index (χ3v) is 4.76. The molecule has 0 aromatic rings. The van der Waals surface area contributed by atoms with Gasteiger partial charge in [0.2, 0.25) is 0 Å². The van der Waals surface area contributed by atoms with Gasteiger partial charge in [0.1, 0.15) is 0 Å². The molecule has 0 aliphatic carbocycles. The van der Waals surface area contributed by atoms with Crippen molar-refractivity contribution in [1.82, 2.24) is 5.32 Å². The summed E-state index contributed by atoms with van der Waals surface area (Å²) in [5, 5.41) is 5.35. The van der Waals surface area contributed by atoms with E-state index in [0.717, 1.165) is 11.7 Å². The highest BCUT2D eigenvalue weighted by Gasteiger charge is 2.25. The van der Waals surface area contributed by atoms with E-state index in [2.05, 4.69) is 44.9 Å². The van der Waals surface area contributed by atoms with Gasteiger partial charge in [-0.05, 0) is 24.5 Å². The van der Waals surface area contributed by atoms with Crippen LogP contribution in [0.15, 0.2) is 4.99 Å². The van der Waals surface area contributed by atoms with Crippen LogP contribution in [0.1, 0.15) is 41.0 Å². The van der Waals surface area contributed by atoms with Crippen LogP contribution in [0.25, 0.3) is 0 Å². The quantitative estimate of drug-likeness (QED) is 0.828. The molecular weight excluding hydrogens is 248 g/mol. The third-order valence-electron chi connectivity index (χ3n) is 2.50. The van der Waals surface area contributed by atoms with Crippen molar-refractivity contribution in [2.45, 2.75) is 52.3 Å². The van der Waals surface area contributed by atoms with Gasteiger partial charge in [-0.1, -0.05) is 39.5 Å². The van der Waals surface area contributed by atoms with Crippen molar-refractivity contribution in [1.29, 1.82) is 0 Å². The number of aliphatic imine (C=N–C) groups is 1. The Labute approximate surface area is 115 Å². The number of nitrogens with zero attached hydrogens (tertiary/aromatic N) is 1. The molecule has 2 unspecified atom stereocenters. The molecule has 2 atom stereocenters. The highest BCUT2D eigenvalue weighted by molar-refractivity contribution is 8.14. The van der Waals surface area contributed by atoms with Gasteiger partial charge >= 0.3 is 0 Å². The van der Waals surface area contributed by atoms with Crippen LogP contribution in [0.4, 0.5) is 0 Å². The molecule has 0 bridgehead atoms. The summed E-state index contributed by atoms with van der Waals surface area (Å²) in [4.78, 5) is 4.61.